The highest BCUT2D eigenvalue weighted by Crippen LogP contribution is 2.20. The van der Waals surface area contributed by atoms with Crippen LogP contribution in [-0.2, 0) is 4.79 Å². The first-order valence-corrected chi connectivity index (χ1v) is 5.96. The number of carbonyl (C=O) groups excluding carboxylic acids is 1. The molecule has 0 amide bonds. The lowest BCUT2D eigenvalue weighted by atomic mass is 10.2. The van der Waals surface area contributed by atoms with E-state index in [1.165, 1.54) is 6.08 Å². The van der Waals surface area contributed by atoms with Crippen LogP contribution in [0.4, 0.5) is 10.2 Å². The Morgan fingerprint density at radius 3 is 2.89 bits per heavy atom. The minimum Gasteiger partial charge on any atom is -0.398 e. The highest BCUT2D eigenvalue weighted by atomic mass is 19.1. The Balaban J connectivity index is 2.12. The Labute approximate surface area is 110 Å². The summed E-state index contributed by atoms with van der Waals surface area (Å²) in [5.41, 5.74) is 6.49. The molecule has 1 aliphatic rings. The number of nitrogens with zero attached hydrogens (tertiary/aromatic N) is 2. The van der Waals surface area contributed by atoms with Crippen LogP contribution in [0.15, 0.2) is 24.4 Å². The molecule has 1 fully saturated rings. The molecule has 2 heterocycles. The second-order valence-electron chi connectivity index (χ2n) is 4.41. The Hall–Kier alpha value is -2.24. The third-order valence-electron chi connectivity index (χ3n) is 2.97. The largest absolute Gasteiger partial charge is 0.398 e. The van der Waals surface area contributed by atoms with Gasteiger partial charge in [-0.1, -0.05) is 0 Å². The molecular weight excluding hydrogens is 247 g/mol. The van der Waals surface area contributed by atoms with Crippen molar-refractivity contribution in [2.24, 2.45) is 5.73 Å². The minimum atomic E-state index is -0.792. The van der Waals surface area contributed by atoms with Crippen LogP contribution in [0.1, 0.15) is 12.0 Å². The molecule has 0 radical (unpaired) electrons. The van der Waals surface area contributed by atoms with Gasteiger partial charge in [0.2, 0.25) is 0 Å². The molecule has 0 aliphatic carbocycles. The lowest BCUT2D eigenvalue weighted by molar-refractivity contribution is -0.102. The van der Waals surface area contributed by atoms with Crippen LogP contribution in [0.5, 0.6) is 0 Å². The lowest BCUT2D eigenvalue weighted by Crippen LogP contribution is -2.21. The maximum absolute atomic E-state index is 13.1. The van der Waals surface area contributed by atoms with Crippen molar-refractivity contribution in [3.8, 4) is 0 Å². The SMILES string of the molecule is N=C(C=O)/C=C(\N)c1ccc(N2CC[C@H](F)C2)nc1. The highest BCUT2D eigenvalue weighted by Gasteiger charge is 2.22. The van der Waals surface area contributed by atoms with Gasteiger partial charge >= 0.3 is 0 Å². The van der Waals surface area contributed by atoms with E-state index in [2.05, 4.69) is 4.98 Å². The fraction of sp³-hybridized carbons (Fsp3) is 0.308. The summed E-state index contributed by atoms with van der Waals surface area (Å²) in [6.07, 6.45) is 2.99. The molecule has 2 rings (SSSR count). The molecule has 1 aromatic rings. The van der Waals surface area contributed by atoms with Crippen molar-refractivity contribution in [3.63, 3.8) is 0 Å². The smallest absolute Gasteiger partial charge is 0.167 e. The van der Waals surface area contributed by atoms with Gasteiger partial charge in [0.25, 0.3) is 0 Å². The third-order valence-corrected chi connectivity index (χ3v) is 2.97. The first kappa shape index (κ1) is 13.2. The van der Waals surface area contributed by atoms with Crippen molar-refractivity contribution in [2.75, 3.05) is 18.0 Å². The molecule has 1 saturated heterocycles. The number of allylic oxidation sites excluding steroid dienone is 1. The van der Waals surface area contributed by atoms with E-state index in [-0.39, 0.29) is 5.71 Å². The molecule has 1 atom stereocenters. The molecule has 0 unspecified atom stereocenters. The number of anilines is 1. The number of hydrogen-bond donors (Lipinski definition) is 2. The van der Waals surface area contributed by atoms with Gasteiger partial charge in [-0.3, -0.25) is 10.2 Å². The first-order valence-electron chi connectivity index (χ1n) is 5.96. The Kier molecular flexibility index (Phi) is 3.89. The molecular formula is C13H15FN4O. The van der Waals surface area contributed by atoms with Gasteiger partial charge in [-0.15, -0.1) is 0 Å². The van der Waals surface area contributed by atoms with E-state index in [9.17, 15) is 9.18 Å². The number of nitrogens with one attached hydrogen (secondary N) is 1. The van der Waals surface area contributed by atoms with E-state index in [0.717, 1.165) is 0 Å². The van der Waals surface area contributed by atoms with Crippen LogP contribution in [-0.4, -0.2) is 36.2 Å². The molecule has 1 aliphatic heterocycles. The summed E-state index contributed by atoms with van der Waals surface area (Å²) in [4.78, 5) is 16.5. The number of aromatic nitrogens is 1. The third kappa shape index (κ3) is 3.15. The van der Waals surface area contributed by atoms with Gasteiger partial charge in [-0.25, -0.2) is 9.37 Å². The topological polar surface area (TPSA) is 83.1 Å². The van der Waals surface area contributed by atoms with Gasteiger partial charge in [0.05, 0.1) is 12.3 Å². The maximum atomic E-state index is 13.1. The zero-order valence-electron chi connectivity index (χ0n) is 10.3. The molecule has 6 heteroatoms. The van der Waals surface area contributed by atoms with Crippen molar-refractivity contribution < 1.29 is 9.18 Å². The second kappa shape index (κ2) is 5.60. The predicted molar refractivity (Wildman–Crippen MR) is 71.9 cm³/mol. The van der Waals surface area contributed by atoms with E-state index in [4.69, 9.17) is 11.1 Å². The summed E-state index contributed by atoms with van der Waals surface area (Å²) >= 11 is 0. The van der Waals surface area contributed by atoms with Gasteiger partial charge in [0, 0.05) is 24.0 Å². The molecule has 19 heavy (non-hydrogen) atoms. The fourth-order valence-electron chi connectivity index (χ4n) is 1.95. The monoisotopic (exact) mass is 262 g/mol. The summed E-state index contributed by atoms with van der Waals surface area (Å²) in [7, 11) is 0. The summed E-state index contributed by atoms with van der Waals surface area (Å²) in [6, 6.07) is 3.51. The number of rotatable bonds is 4. The zero-order chi connectivity index (χ0) is 13.8. The number of aldehydes is 1. The molecule has 0 aromatic carbocycles. The number of alkyl halides is 1. The summed E-state index contributed by atoms with van der Waals surface area (Å²) < 4.78 is 13.1. The predicted octanol–water partition coefficient (Wildman–Crippen LogP) is 1.15. The molecule has 0 saturated carbocycles. The van der Waals surface area contributed by atoms with Crippen molar-refractivity contribution in [3.05, 3.63) is 30.0 Å². The van der Waals surface area contributed by atoms with Gasteiger partial charge in [0.1, 0.15) is 12.0 Å². The highest BCUT2D eigenvalue weighted by molar-refractivity contribution is 6.33. The van der Waals surface area contributed by atoms with Gasteiger partial charge in [0.15, 0.2) is 6.29 Å². The molecule has 0 bridgehead atoms. The zero-order valence-corrected chi connectivity index (χ0v) is 10.3. The van der Waals surface area contributed by atoms with Gasteiger partial charge < -0.3 is 10.6 Å². The van der Waals surface area contributed by atoms with E-state index < -0.39 is 6.17 Å². The quantitative estimate of drug-likeness (QED) is 0.629. The van der Waals surface area contributed by atoms with Crippen LogP contribution >= 0.6 is 0 Å². The number of nitrogens with two attached hydrogens (primary N) is 1. The van der Waals surface area contributed by atoms with Crippen LogP contribution in [0, 0.1) is 5.41 Å². The van der Waals surface area contributed by atoms with Crippen LogP contribution < -0.4 is 10.6 Å². The van der Waals surface area contributed by atoms with Crippen molar-refractivity contribution in [1.29, 1.82) is 5.41 Å². The number of halogens is 1. The van der Waals surface area contributed by atoms with Crippen molar-refractivity contribution >= 4 is 23.5 Å². The number of pyridine rings is 1. The minimum absolute atomic E-state index is 0.193. The maximum Gasteiger partial charge on any atom is 0.167 e. The Morgan fingerprint density at radius 2 is 2.37 bits per heavy atom. The molecule has 1 aromatic heterocycles. The molecule has 0 spiro atoms. The van der Waals surface area contributed by atoms with Gasteiger partial charge in [-0.2, -0.15) is 0 Å². The van der Waals surface area contributed by atoms with Crippen LogP contribution in [0.3, 0.4) is 0 Å². The van der Waals surface area contributed by atoms with Crippen molar-refractivity contribution in [2.45, 2.75) is 12.6 Å². The van der Waals surface area contributed by atoms with E-state index in [1.54, 1.807) is 18.3 Å². The average molecular weight is 262 g/mol. The Morgan fingerprint density at radius 1 is 1.58 bits per heavy atom. The first-order chi connectivity index (χ1) is 9.10. The fourth-order valence-corrected chi connectivity index (χ4v) is 1.95. The standard InChI is InChI=1S/C13H15FN4O/c14-10-3-4-18(7-10)13-2-1-9(6-17-13)12(16)5-11(15)8-19/h1-2,5-6,8,10,15H,3-4,7,16H2/b12-5-,15-11?/t10-/m0/s1. The molecule has 5 nitrogen and oxygen atoms in total. The Bertz CT molecular complexity index is 512. The van der Waals surface area contributed by atoms with Crippen molar-refractivity contribution in [1.82, 2.24) is 4.98 Å². The molecule has 100 valence electrons. The summed E-state index contributed by atoms with van der Waals surface area (Å²) in [6.45, 7) is 1.03. The number of hydrogen-bond acceptors (Lipinski definition) is 5. The normalized spacial score (nSPS) is 19.5. The lowest BCUT2D eigenvalue weighted by Gasteiger charge is -2.16. The summed E-state index contributed by atoms with van der Waals surface area (Å²) in [5, 5.41) is 7.22. The van der Waals surface area contributed by atoms with Crippen LogP contribution in [0.25, 0.3) is 5.70 Å². The van der Waals surface area contributed by atoms with E-state index >= 15 is 0 Å². The van der Waals surface area contributed by atoms with E-state index in [0.29, 0.717) is 42.9 Å². The van der Waals surface area contributed by atoms with Crippen LogP contribution in [0.2, 0.25) is 0 Å². The summed E-state index contributed by atoms with van der Waals surface area (Å²) in [5.74, 6) is 0.710. The molecule has 3 N–H and O–H groups in total. The van der Waals surface area contributed by atoms with Gasteiger partial charge in [-0.05, 0) is 24.6 Å². The average Bonchev–Trinajstić information content (AvgIpc) is 2.85. The number of carbonyl (C=O) groups is 1. The second-order valence-corrected chi connectivity index (χ2v) is 4.41. The van der Waals surface area contributed by atoms with E-state index in [1.807, 2.05) is 4.90 Å².